The minimum absolute atomic E-state index is 0.0405. The maximum absolute atomic E-state index is 12.0. The molecule has 0 aromatic heterocycles. The lowest BCUT2D eigenvalue weighted by atomic mass is 9.86. The van der Waals surface area contributed by atoms with E-state index < -0.39 is 6.04 Å². The number of amides is 1. The number of nitrogens with zero attached hydrogens (tertiary/aromatic N) is 1. The number of rotatable bonds is 1. The lowest BCUT2D eigenvalue weighted by Crippen LogP contribution is -2.53. The van der Waals surface area contributed by atoms with Crippen molar-refractivity contribution in [3.05, 3.63) is 0 Å². The van der Waals surface area contributed by atoms with Crippen LogP contribution in [0.3, 0.4) is 0 Å². The minimum atomic E-state index is -0.484. The van der Waals surface area contributed by atoms with Crippen LogP contribution in [-0.4, -0.2) is 41.1 Å². The van der Waals surface area contributed by atoms with Gasteiger partial charge >= 0.3 is 0 Å². The number of hydrogen-bond acceptors (Lipinski definition) is 3. The highest BCUT2D eigenvalue weighted by Gasteiger charge is 2.32. The van der Waals surface area contributed by atoms with Crippen LogP contribution >= 0.6 is 0 Å². The molecule has 0 aliphatic carbocycles. The molecule has 1 aliphatic rings. The molecule has 0 aromatic rings. The number of carbonyl (C=O) groups excluding carboxylic acids is 1. The highest BCUT2D eigenvalue weighted by molar-refractivity contribution is 5.82. The predicted molar refractivity (Wildman–Crippen MR) is 59.3 cm³/mol. The van der Waals surface area contributed by atoms with Crippen molar-refractivity contribution in [3.63, 3.8) is 0 Å². The molecule has 1 saturated heterocycles. The van der Waals surface area contributed by atoms with Gasteiger partial charge in [0.15, 0.2) is 0 Å². The van der Waals surface area contributed by atoms with Gasteiger partial charge in [-0.3, -0.25) is 4.79 Å². The largest absolute Gasteiger partial charge is 0.391 e. The Morgan fingerprint density at radius 2 is 2.13 bits per heavy atom. The maximum Gasteiger partial charge on any atom is 0.240 e. The zero-order valence-electron chi connectivity index (χ0n) is 9.86. The van der Waals surface area contributed by atoms with Crippen molar-refractivity contribution in [2.75, 3.05) is 13.1 Å². The average molecular weight is 214 g/mol. The van der Waals surface area contributed by atoms with E-state index in [1.54, 1.807) is 4.90 Å². The Labute approximate surface area is 91.4 Å². The summed E-state index contributed by atoms with van der Waals surface area (Å²) in [4.78, 5) is 13.7. The van der Waals surface area contributed by atoms with E-state index in [1.165, 1.54) is 0 Å². The number of aliphatic hydroxyl groups excluding tert-OH is 1. The summed E-state index contributed by atoms with van der Waals surface area (Å²) < 4.78 is 0. The second-order valence-corrected chi connectivity index (χ2v) is 5.42. The number of nitrogens with two attached hydrogens (primary N) is 1. The molecule has 1 heterocycles. The Bertz CT molecular complexity index is 235. The Morgan fingerprint density at radius 3 is 2.60 bits per heavy atom. The first-order chi connectivity index (χ1) is 6.82. The van der Waals surface area contributed by atoms with Gasteiger partial charge in [0.05, 0.1) is 12.1 Å². The summed E-state index contributed by atoms with van der Waals surface area (Å²) in [5.74, 6) is -0.0405. The van der Waals surface area contributed by atoms with Gasteiger partial charge < -0.3 is 15.7 Å². The van der Waals surface area contributed by atoms with E-state index in [0.717, 1.165) is 19.4 Å². The molecule has 1 aliphatic heterocycles. The number of hydrogen-bond donors (Lipinski definition) is 2. The smallest absolute Gasteiger partial charge is 0.240 e. The number of likely N-dealkylation sites (tertiary alicyclic amines) is 1. The van der Waals surface area contributed by atoms with Gasteiger partial charge in [-0.15, -0.1) is 0 Å². The number of β-amino-alcohol motifs (C(OH)–C–C–N with tert-alkyl or cyclic N) is 1. The summed E-state index contributed by atoms with van der Waals surface area (Å²) in [6.45, 7) is 7.02. The first-order valence-corrected chi connectivity index (χ1v) is 5.55. The molecule has 2 atom stereocenters. The first-order valence-electron chi connectivity index (χ1n) is 5.55. The normalized spacial score (nSPS) is 25.1. The van der Waals surface area contributed by atoms with Crippen molar-refractivity contribution >= 4 is 5.91 Å². The standard InChI is InChI=1S/C11H22N2O2/c1-11(2,3)9(12)10(15)13-6-4-5-8(14)7-13/h8-9,14H,4-7,12H2,1-3H3/t8-,9+/m0/s1. The zero-order valence-corrected chi connectivity index (χ0v) is 9.86. The first kappa shape index (κ1) is 12.5. The van der Waals surface area contributed by atoms with E-state index in [9.17, 15) is 9.90 Å². The average Bonchev–Trinajstić information content (AvgIpc) is 2.14. The molecule has 0 radical (unpaired) electrons. The molecule has 4 heteroatoms. The third-order valence-corrected chi connectivity index (χ3v) is 2.91. The van der Waals surface area contributed by atoms with Crippen LogP contribution < -0.4 is 5.73 Å². The highest BCUT2D eigenvalue weighted by atomic mass is 16.3. The molecule has 1 rings (SSSR count). The molecule has 0 spiro atoms. The van der Waals surface area contributed by atoms with Crippen LogP contribution in [0.4, 0.5) is 0 Å². The van der Waals surface area contributed by atoms with Gasteiger partial charge in [-0.1, -0.05) is 20.8 Å². The fourth-order valence-electron chi connectivity index (χ4n) is 1.72. The van der Waals surface area contributed by atoms with E-state index in [0.29, 0.717) is 6.54 Å². The molecular weight excluding hydrogens is 192 g/mol. The molecule has 4 nitrogen and oxygen atoms in total. The quantitative estimate of drug-likeness (QED) is 0.661. The molecule has 1 fully saturated rings. The van der Waals surface area contributed by atoms with Gasteiger partial charge in [0.25, 0.3) is 0 Å². The summed E-state index contributed by atoms with van der Waals surface area (Å²) >= 11 is 0. The second kappa shape index (κ2) is 4.49. The summed E-state index contributed by atoms with van der Waals surface area (Å²) in [6, 6.07) is -0.484. The minimum Gasteiger partial charge on any atom is -0.391 e. The van der Waals surface area contributed by atoms with Crippen molar-refractivity contribution in [2.45, 2.75) is 45.8 Å². The van der Waals surface area contributed by atoms with E-state index in [-0.39, 0.29) is 17.4 Å². The summed E-state index contributed by atoms with van der Waals surface area (Å²) in [5, 5.41) is 9.48. The van der Waals surface area contributed by atoms with Crippen LogP contribution in [0.2, 0.25) is 0 Å². The Hall–Kier alpha value is -0.610. The van der Waals surface area contributed by atoms with Gasteiger partial charge in [0, 0.05) is 13.1 Å². The predicted octanol–water partition coefficient (Wildman–Crippen LogP) is 0.343. The van der Waals surface area contributed by atoms with Crippen molar-refractivity contribution in [2.24, 2.45) is 11.1 Å². The van der Waals surface area contributed by atoms with Crippen LogP contribution in [0.25, 0.3) is 0 Å². The van der Waals surface area contributed by atoms with E-state index in [2.05, 4.69) is 0 Å². The van der Waals surface area contributed by atoms with E-state index >= 15 is 0 Å². The van der Waals surface area contributed by atoms with Gasteiger partial charge in [0.1, 0.15) is 0 Å². The molecule has 0 bridgehead atoms. The monoisotopic (exact) mass is 214 g/mol. The zero-order chi connectivity index (χ0) is 11.6. The third-order valence-electron chi connectivity index (χ3n) is 2.91. The van der Waals surface area contributed by atoms with Gasteiger partial charge in [-0.2, -0.15) is 0 Å². The van der Waals surface area contributed by atoms with Crippen molar-refractivity contribution < 1.29 is 9.90 Å². The van der Waals surface area contributed by atoms with Crippen molar-refractivity contribution in [1.82, 2.24) is 4.90 Å². The van der Waals surface area contributed by atoms with Gasteiger partial charge in [-0.05, 0) is 18.3 Å². The molecule has 1 amide bonds. The Morgan fingerprint density at radius 1 is 1.53 bits per heavy atom. The molecular formula is C11H22N2O2. The van der Waals surface area contributed by atoms with E-state index in [1.807, 2.05) is 20.8 Å². The number of piperidine rings is 1. The van der Waals surface area contributed by atoms with Crippen LogP contribution in [-0.2, 0) is 4.79 Å². The number of carbonyl (C=O) groups is 1. The second-order valence-electron chi connectivity index (χ2n) is 5.42. The summed E-state index contributed by atoms with van der Waals surface area (Å²) in [5.41, 5.74) is 5.67. The van der Waals surface area contributed by atoms with Crippen LogP contribution in [0.5, 0.6) is 0 Å². The van der Waals surface area contributed by atoms with E-state index in [4.69, 9.17) is 5.73 Å². The Kier molecular flexibility index (Phi) is 3.73. The van der Waals surface area contributed by atoms with Crippen LogP contribution in [0.15, 0.2) is 0 Å². The number of aliphatic hydroxyl groups is 1. The third kappa shape index (κ3) is 3.18. The van der Waals surface area contributed by atoms with Crippen molar-refractivity contribution in [1.29, 1.82) is 0 Å². The van der Waals surface area contributed by atoms with Crippen LogP contribution in [0, 0.1) is 5.41 Å². The highest BCUT2D eigenvalue weighted by Crippen LogP contribution is 2.20. The van der Waals surface area contributed by atoms with Gasteiger partial charge in [-0.25, -0.2) is 0 Å². The molecule has 15 heavy (non-hydrogen) atoms. The van der Waals surface area contributed by atoms with Crippen LogP contribution in [0.1, 0.15) is 33.6 Å². The maximum atomic E-state index is 12.0. The lowest BCUT2D eigenvalue weighted by Gasteiger charge is -2.35. The topological polar surface area (TPSA) is 66.6 Å². The Balaban J connectivity index is 2.60. The molecule has 0 aromatic carbocycles. The molecule has 3 N–H and O–H groups in total. The fraction of sp³-hybridized carbons (Fsp3) is 0.909. The summed E-state index contributed by atoms with van der Waals surface area (Å²) in [6.07, 6.45) is 1.27. The summed E-state index contributed by atoms with van der Waals surface area (Å²) in [7, 11) is 0. The molecule has 0 unspecified atom stereocenters. The lowest BCUT2D eigenvalue weighted by molar-refractivity contribution is -0.138. The van der Waals surface area contributed by atoms with Gasteiger partial charge in [0.2, 0.25) is 5.91 Å². The SMILES string of the molecule is CC(C)(C)[C@H](N)C(=O)N1CCC[C@H](O)C1. The molecule has 0 saturated carbocycles. The molecule has 88 valence electrons. The fourth-order valence-corrected chi connectivity index (χ4v) is 1.72. The van der Waals surface area contributed by atoms with Crippen molar-refractivity contribution in [3.8, 4) is 0 Å².